The van der Waals surface area contributed by atoms with Crippen LogP contribution in [0, 0.1) is 6.92 Å². The summed E-state index contributed by atoms with van der Waals surface area (Å²) in [6.45, 7) is 4.83. The quantitative estimate of drug-likeness (QED) is 0.788. The number of rotatable bonds is 1. The summed E-state index contributed by atoms with van der Waals surface area (Å²) in [4.78, 5) is 10.5. The third-order valence-electron chi connectivity index (χ3n) is 2.95. The van der Waals surface area contributed by atoms with Crippen molar-refractivity contribution >= 4 is 11.8 Å². The van der Waals surface area contributed by atoms with Gasteiger partial charge in [-0.2, -0.15) is 4.98 Å². The highest BCUT2D eigenvalue weighted by Gasteiger charge is 2.30. The molecule has 1 aliphatic heterocycles. The average Bonchev–Trinajstić information content (AvgIpc) is 2.15. The smallest absolute Gasteiger partial charge is 0.227 e. The maximum absolute atomic E-state index is 13.6. The van der Waals surface area contributed by atoms with Crippen LogP contribution in [0.2, 0.25) is 0 Å². The molecule has 2 heterocycles. The molecule has 0 spiro atoms. The minimum Gasteiger partial charge on any atom is -0.384 e. The Morgan fingerprint density at radius 2 is 2.00 bits per heavy atom. The molecule has 0 bridgehead atoms. The van der Waals surface area contributed by atoms with E-state index in [0.29, 0.717) is 37.7 Å². The van der Waals surface area contributed by atoms with Crippen LogP contribution in [-0.2, 0) is 0 Å². The van der Waals surface area contributed by atoms with Gasteiger partial charge in [-0.25, -0.2) is 9.37 Å². The number of halogens is 1. The first-order valence-electron chi connectivity index (χ1n) is 5.51. The highest BCUT2D eigenvalue weighted by Crippen LogP contribution is 2.27. The van der Waals surface area contributed by atoms with Crippen molar-refractivity contribution in [1.82, 2.24) is 9.97 Å². The Labute approximate surface area is 94.7 Å². The molecule has 88 valence electrons. The zero-order chi connectivity index (χ0) is 11.8. The SMILES string of the molecule is Cc1cc(N)nc(N2CCC(C)(F)CC2)n1. The maximum atomic E-state index is 13.6. The van der Waals surface area contributed by atoms with E-state index >= 15 is 0 Å². The van der Waals surface area contributed by atoms with E-state index < -0.39 is 5.67 Å². The first-order valence-corrected chi connectivity index (χ1v) is 5.51. The van der Waals surface area contributed by atoms with Crippen molar-refractivity contribution in [3.05, 3.63) is 11.8 Å². The second-order valence-electron chi connectivity index (χ2n) is 4.63. The van der Waals surface area contributed by atoms with Crippen LogP contribution in [0.5, 0.6) is 0 Å². The molecule has 1 aromatic heterocycles. The summed E-state index contributed by atoms with van der Waals surface area (Å²) in [5, 5.41) is 0. The molecule has 2 rings (SSSR count). The number of nitrogens with two attached hydrogens (primary N) is 1. The number of aromatic nitrogens is 2. The van der Waals surface area contributed by atoms with E-state index in [-0.39, 0.29) is 0 Å². The number of nitrogen functional groups attached to an aromatic ring is 1. The van der Waals surface area contributed by atoms with Crippen molar-refractivity contribution in [2.45, 2.75) is 32.4 Å². The predicted molar refractivity (Wildman–Crippen MR) is 62.1 cm³/mol. The molecule has 5 heteroatoms. The van der Waals surface area contributed by atoms with E-state index in [0.717, 1.165) is 5.69 Å². The Morgan fingerprint density at radius 3 is 2.56 bits per heavy atom. The summed E-state index contributed by atoms with van der Waals surface area (Å²) in [7, 11) is 0. The van der Waals surface area contributed by atoms with Crippen LogP contribution in [0.1, 0.15) is 25.5 Å². The number of hydrogen-bond acceptors (Lipinski definition) is 4. The summed E-state index contributed by atoms with van der Waals surface area (Å²) < 4.78 is 13.6. The van der Waals surface area contributed by atoms with Gasteiger partial charge in [-0.15, -0.1) is 0 Å². The van der Waals surface area contributed by atoms with Gasteiger partial charge in [-0.05, 0) is 26.7 Å². The summed E-state index contributed by atoms with van der Waals surface area (Å²) in [5.74, 6) is 1.09. The van der Waals surface area contributed by atoms with Gasteiger partial charge in [0.25, 0.3) is 0 Å². The van der Waals surface area contributed by atoms with Crippen molar-refractivity contribution < 1.29 is 4.39 Å². The van der Waals surface area contributed by atoms with Crippen molar-refractivity contribution in [3.63, 3.8) is 0 Å². The normalized spacial score (nSPS) is 19.8. The Hall–Kier alpha value is -1.39. The van der Waals surface area contributed by atoms with Crippen LogP contribution in [-0.4, -0.2) is 28.7 Å². The predicted octanol–water partition coefficient (Wildman–Crippen LogP) is 1.70. The van der Waals surface area contributed by atoms with Crippen molar-refractivity contribution in [2.24, 2.45) is 0 Å². The number of nitrogens with zero attached hydrogens (tertiary/aromatic N) is 3. The molecule has 0 atom stereocenters. The van der Waals surface area contributed by atoms with Gasteiger partial charge in [0, 0.05) is 24.8 Å². The van der Waals surface area contributed by atoms with Gasteiger partial charge >= 0.3 is 0 Å². The molecule has 1 saturated heterocycles. The van der Waals surface area contributed by atoms with Gasteiger partial charge in [-0.3, -0.25) is 0 Å². The molecule has 0 unspecified atom stereocenters. The third kappa shape index (κ3) is 2.40. The van der Waals surface area contributed by atoms with Crippen LogP contribution in [0.3, 0.4) is 0 Å². The number of anilines is 2. The summed E-state index contributed by atoms with van der Waals surface area (Å²) in [6.07, 6.45) is 1.04. The Kier molecular flexibility index (Phi) is 2.69. The lowest BCUT2D eigenvalue weighted by Gasteiger charge is -2.34. The number of aryl methyl sites for hydroxylation is 1. The summed E-state index contributed by atoms with van der Waals surface area (Å²) >= 11 is 0. The van der Waals surface area contributed by atoms with Crippen LogP contribution in [0.4, 0.5) is 16.2 Å². The first-order chi connectivity index (χ1) is 7.46. The molecule has 1 fully saturated rings. The third-order valence-corrected chi connectivity index (χ3v) is 2.95. The molecule has 4 nitrogen and oxygen atoms in total. The van der Waals surface area contributed by atoms with Crippen LogP contribution in [0.25, 0.3) is 0 Å². The average molecular weight is 224 g/mol. The molecule has 16 heavy (non-hydrogen) atoms. The minimum atomic E-state index is -1.05. The standard InChI is InChI=1S/C11H17FN4/c1-8-7-9(13)15-10(14-8)16-5-3-11(2,12)4-6-16/h7H,3-6H2,1-2H3,(H2,13,14,15). The lowest BCUT2D eigenvalue weighted by molar-refractivity contribution is 0.148. The molecule has 0 amide bonds. The van der Waals surface area contributed by atoms with E-state index in [2.05, 4.69) is 9.97 Å². The zero-order valence-electron chi connectivity index (χ0n) is 9.70. The Balaban J connectivity index is 2.14. The van der Waals surface area contributed by atoms with Crippen LogP contribution in [0.15, 0.2) is 6.07 Å². The largest absolute Gasteiger partial charge is 0.384 e. The number of alkyl halides is 1. The Morgan fingerprint density at radius 1 is 1.38 bits per heavy atom. The van der Waals surface area contributed by atoms with E-state index in [1.54, 1.807) is 13.0 Å². The molecule has 0 radical (unpaired) electrons. The monoisotopic (exact) mass is 224 g/mol. The van der Waals surface area contributed by atoms with Crippen LogP contribution < -0.4 is 10.6 Å². The van der Waals surface area contributed by atoms with E-state index in [4.69, 9.17) is 5.73 Å². The van der Waals surface area contributed by atoms with E-state index in [9.17, 15) is 4.39 Å². The molecule has 0 saturated carbocycles. The van der Waals surface area contributed by atoms with Gasteiger partial charge < -0.3 is 10.6 Å². The Bertz CT molecular complexity index is 361. The summed E-state index contributed by atoms with van der Waals surface area (Å²) in [5.41, 5.74) is 5.46. The van der Waals surface area contributed by atoms with Crippen molar-refractivity contribution in [1.29, 1.82) is 0 Å². The van der Waals surface area contributed by atoms with E-state index in [1.807, 2.05) is 11.8 Å². The van der Waals surface area contributed by atoms with E-state index in [1.165, 1.54) is 0 Å². The van der Waals surface area contributed by atoms with Crippen molar-refractivity contribution in [2.75, 3.05) is 23.7 Å². The number of hydrogen-bond donors (Lipinski definition) is 1. The molecule has 0 aromatic carbocycles. The van der Waals surface area contributed by atoms with Gasteiger partial charge in [0.2, 0.25) is 5.95 Å². The zero-order valence-corrected chi connectivity index (χ0v) is 9.70. The molecular weight excluding hydrogens is 207 g/mol. The minimum absolute atomic E-state index is 0.469. The van der Waals surface area contributed by atoms with Gasteiger partial charge in [-0.1, -0.05) is 0 Å². The second-order valence-corrected chi connectivity index (χ2v) is 4.63. The first kappa shape index (κ1) is 11.1. The lowest BCUT2D eigenvalue weighted by Crippen LogP contribution is -2.41. The summed E-state index contributed by atoms with van der Waals surface area (Å²) in [6, 6.07) is 1.73. The van der Waals surface area contributed by atoms with Crippen molar-refractivity contribution in [3.8, 4) is 0 Å². The fraction of sp³-hybridized carbons (Fsp3) is 0.636. The molecular formula is C11H17FN4. The van der Waals surface area contributed by atoms with Gasteiger partial charge in [0.1, 0.15) is 11.5 Å². The molecule has 0 aliphatic carbocycles. The molecule has 1 aromatic rings. The van der Waals surface area contributed by atoms with Gasteiger partial charge in [0.15, 0.2) is 0 Å². The fourth-order valence-corrected chi connectivity index (χ4v) is 1.89. The lowest BCUT2D eigenvalue weighted by atomic mass is 9.96. The highest BCUT2D eigenvalue weighted by atomic mass is 19.1. The fourth-order valence-electron chi connectivity index (χ4n) is 1.89. The molecule has 2 N–H and O–H groups in total. The van der Waals surface area contributed by atoms with Gasteiger partial charge in [0.05, 0.1) is 0 Å². The highest BCUT2D eigenvalue weighted by molar-refractivity contribution is 5.40. The topological polar surface area (TPSA) is 55.0 Å². The van der Waals surface area contributed by atoms with Crippen LogP contribution >= 0.6 is 0 Å². The molecule has 1 aliphatic rings. The second kappa shape index (κ2) is 3.88. The number of piperidine rings is 1. The maximum Gasteiger partial charge on any atom is 0.227 e.